The molecular weight excluding hydrogens is 510 g/mol. The zero-order valence-corrected chi connectivity index (χ0v) is 23.2. The molecule has 3 fully saturated rings. The number of piperidine rings is 1. The number of rotatable bonds is 9. The first-order chi connectivity index (χ1) is 18.8. The van der Waals surface area contributed by atoms with Crippen LogP contribution >= 0.6 is 11.8 Å². The molecule has 0 aromatic carbocycles. The number of pyridine rings is 3. The van der Waals surface area contributed by atoms with Crippen LogP contribution in [0.4, 0.5) is 5.82 Å². The summed E-state index contributed by atoms with van der Waals surface area (Å²) in [6.07, 6.45) is 9.83. The monoisotopic (exact) mass is 543 g/mol. The molecular formula is C29H33N7O2S. The molecule has 39 heavy (non-hydrogen) atoms. The van der Waals surface area contributed by atoms with Crippen LogP contribution in [0, 0.1) is 11.3 Å². The van der Waals surface area contributed by atoms with E-state index in [4.69, 9.17) is 15.5 Å². The highest BCUT2D eigenvalue weighted by atomic mass is 32.2. The maximum atomic E-state index is 10.0. The smallest absolute Gasteiger partial charge is 0.138 e. The fourth-order valence-corrected chi connectivity index (χ4v) is 5.45. The van der Waals surface area contributed by atoms with Crippen molar-refractivity contribution >= 4 is 23.2 Å². The van der Waals surface area contributed by atoms with Gasteiger partial charge in [0.15, 0.2) is 0 Å². The van der Waals surface area contributed by atoms with E-state index < -0.39 is 5.60 Å². The number of nitriles is 1. The van der Waals surface area contributed by atoms with Crippen LogP contribution in [0.15, 0.2) is 60.1 Å². The molecule has 3 aliphatic rings. The quantitative estimate of drug-likeness (QED) is 0.305. The van der Waals surface area contributed by atoms with Gasteiger partial charge in [-0.15, -0.1) is 11.8 Å². The molecule has 3 aliphatic heterocycles. The van der Waals surface area contributed by atoms with E-state index in [0.29, 0.717) is 29.1 Å². The number of thioether (sulfide) groups is 1. The molecule has 3 N–H and O–H groups in total. The summed E-state index contributed by atoms with van der Waals surface area (Å²) >= 11 is 1.66. The van der Waals surface area contributed by atoms with Crippen molar-refractivity contribution in [3.8, 4) is 22.9 Å². The van der Waals surface area contributed by atoms with Crippen LogP contribution in [-0.2, 0) is 6.54 Å². The van der Waals surface area contributed by atoms with E-state index in [9.17, 15) is 10.4 Å². The van der Waals surface area contributed by atoms with Crippen molar-refractivity contribution < 1.29 is 9.84 Å². The summed E-state index contributed by atoms with van der Waals surface area (Å²) in [6, 6.07) is 13.2. The SMILES string of the molecule is CSc1ccc(CN2C3CC2CN(c2ccc(-c4cc(OCC(C)(C)O)cnc4C(C#N)=CN)cn2)C3)cn1. The van der Waals surface area contributed by atoms with Crippen molar-refractivity contribution in [2.75, 3.05) is 30.9 Å². The maximum absolute atomic E-state index is 10.0. The number of ether oxygens (including phenoxy) is 1. The minimum atomic E-state index is -0.989. The molecule has 2 atom stereocenters. The molecule has 0 amide bonds. The second kappa shape index (κ2) is 11.2. The molecule has 0 saturated carbocycles. The number of allylic oxidation sites excluding steroid dienone is 1. The maximum Gasteiger partial charge on any atom is 0.138 e. The van der Waals surface area contributed by atoms with Gasteiger partial charge in [0.05, 0.1) is 28.1 Å². The first kappa shape index (κ1) is 26.9. The second-order valence-corrected chi connectivity index (χ2v) is 11.4. The van der Waals surface area contributed by atoms with Gasteiger partial charge in [-0.25, -0.2) is 9.97 Å². The van der Waals surface area contributed by atoms with Gasteiger partial charge >= 0.3 is 0 Å². The standard InChI is InChI=1S/C29H33N7O2S/c1-29(2,37)18-38-24-9-25(28(34-14-24)21(10-30)11-31)20-5-6-26(32-13-20)35-16-22-8-23(17-35)36(22)15-19-4-7-27(39-3)33-12-19/h4-7,9-10,12-14,22-23,37H,8,15-18,30H2,1-3H3. The molecule has 2 bridgehead atoms. The minimum absolute atomic E-state index is 0.108. The van der Waals surface area contributed by atoms with Crippen LogP contribution in [-0.4, -0.2) is 68.6 Å². The van der Waals surface area contributed by atoms with Crippen LogP contribution in [0.2, 0.25) is 0 Å². The van der Waals surface area contributed by atoms with E-state index in [1.54, 1.807) is 37.9 Å². The summed E-state index contributed by atoms with van der Waals surface area (Å²) < 4.78 is 5.75. The lowest BCUT2D eigenvalue weighted by atomic mass is 9.87. The highest BCUT2D eigenvalue weighted by molar-refractivity contribution is 7.98. The Hall–Kier alpha value is -3.65. The normalized spacial score (nSPS) is 19.4. The molecule has 0 aliphatic carbocycles. The molecule has 3 saturated heterocycles. The molecule has 3 aromatic rings. The van der Waals surface area contributed by atoms with E-state index in [2.05, 4.69) is 38.0 Å². The lowest BCUT2D eigenvalue weighted by molar-refractivity contribution is -0.00877. The predicted molar refractivity (Wildman–Crippen MR) is 153 cm³/mol. The van der Waals surface area contributed by atoms with Gasteiger partial charge in [-0.3, -0.25) is 9.88 Å². The van der Waals surface area contributed by atoms with Crippen molar-refractivity contribution in [3.05, 3.63) is 66.4 Å². The zero-order valence-electron chi connectivity index (χ0n) is 22.4. The third-order valence-corrected chi connectivity index (χ3v) is 7.76. The molecule has 3 aromatic heterocycles. The van der Waals surface area contributed by atoms with Crippen LogP contribution in [0.5, 0.6) is 5.75 Å². The van der Waals surface area contributed by atoms with Gasteiger partial charge in [-0.2, -0.15) is 5.26 Å². The van der Waals surface area contributed by atoms with E-state index >= 15 is 0 Å². The van der Waals surface area contributed by atoms with Crippen molar-refractivity contribution in [2.24, 2.45) is 5.73 Å². The summed E-state index contributed by atoms with van der Waals surface area (Å²) in [5.74, 6) is 1.42. The number of fused-ring (bicyclic) bond motifs is 2. The average molecular weight is 544 g/mol. The molecule has 10 heteroatoms. The number of hydrogen-bond acceptors (Lipinski definition) is 10. The number of hydrogen-bond donors (Lipinski definition) is 2. The van der Waals surface area contributed by atoms with Crippen molar-refractivity contribution in [1.82, 2.24) is 19.9 Å². The Morgan fingerprint density at radius 2 is 1.97 bits per heavy atom. The van der Waals surface area contributed by atoms with Crippen LogP contribution in [0.3, 0.4) is 0 Å². The highest BCUT2D eigenvalue weighted by Crippen LogP contribution is 2.36. The Bertz CT molecular complexity index is 1370. The topological polar surface area (TPSA) is 124 Å². The van der Waals surface area contributed by atoms with Crippen LogP contribution in [0.25, 0.3) is 16.7 Å². The Balaban J connectivity index is 1.30. The fourth-order valence-electron chi connectivity index (χ4n) is 5.09. The van der Waals surface area contributed by atoms with Crippen LogP contribution < -0.4 is 15.4 Å². The van der Waals surface area contributed by atoms with Gasteiger partial charge in [0.2, 0.25) is 0 Å². The Kier molecular flexibility index (Phi) is 7.75. The number of aromatic nitrogens is 3. The number of aliphatic hydroxyl groups is 1. The lowest BCUT2D eigenvalue weighted by Gasteiger charge is -2.56. The summed E-state index contributed by atoms with van der Waals surface area (Å²) in [6.45, 7) is 6.24. The van der Waals surface area contributed by atoms with Crippen molar-refractivity contribution in [3.63, 3.8) is 0 Å². The van der Waals surface area contributed by atoms with E-state index in [-0.39, 0.29) is 12.2 Å². The van der Waals surface area contributed by atoms with E-state index in [1.165, 1.54) is 24.4 Å². The molecule has 6 rings (SSSR count). The summed E-state index contributed by atoms with van der Waals surface area (Å²) in [7, 11) is 0. The Morgan fingerprint density at radius 1 is 1.18 bits per heavy atom. The molecule has 202 valence electrons. The highest BCUT2D eigenvalue weighted by Gasteiger charge is 2.44. The number of piperazine rings is 1. The Labute approximate surface area is 233 Å². The third kappa shape index (κ3) is 6.01. The van der Waals surface area contributed by atoms with Crippen molar-refractivity contribution in [2.45, 2.75) is 49.5 Å². The summed E-state index contributed by atoms with van der Waals surface area (Å²) in [4.78, 5) is 18.7. The molecule has 9 nitrogen and oxygen atoms in total. The molecule has 0 radical (unpaired) electrons. The third-order valence-electron chi connectivity index (χ3n) is 7.10. The fraction of sp³-hybridized carbons (Fsp3) is 0.379. The van der Waals surface area contributed by atoms with Gasteiger partial charge in [-0.1, -0.05) is 6.07 Å². The first-order valence-corrected chi connectivity index (χ1v) is 14.1. The average Bonchev–Trinajstić information content (AvgIpc) is 2.96. The van der Waals surface area contributed by atoms with Gasteiger partial charge < -0.3 is 20.5 Å². The summed E-state index contributed by atoms with van der Waals surface area (Å²) in [5, 5.41) is 20.7. The zero-order chi connectivity index (χ0) is 27.6. The molecule has 6 heterocycles. The van der Waals surface area contributed by atoms with Crippen LogP contribution in [0.1, 0.15) is 31.5 Å². The Morgan fingerprint density at radius 3 is 2.56 bits per heavy atom. The number of nitrogens with zero attached hydrogens (tertiary/aromatic N) is 6. The number of nitrogens with two attached hydrogens (primary N) is 1. The lowest BCUT2D eigenvalue weighted by Crippen LogP contribution is -2.68. The first-order valence-electron chi connectivity index (χ1n) is 12.9. The van der Waals surface area contributed by atoms with Crippen molar-refractivity contribution in [1.29, 1.82) is 5.26 Å². The van der Waals surface area contributed by atoms with E-state index in [0.717, 1.165) is 36.0 Å². The van der Waals surface area contributed by atoms with Gasteiger partial charge in [0.25, 0.3) is 0 Å². The summed E-state index contributed by atoms with van der Waals surface area (Å²) in [5.41, 5.74) is 8.18. The molecule has 2 unspecified atom stereocenters. The van der Waals surface area contributed by atoms with Gasteiger partial charge in [0.1, 0.15) is 24.2 Å². The van der Waals surface area contributed by atoms with Gasteiger partial charge in [-0.05, 0) is 56.4 Å². The number of anilines is 1. The second-order valence-electron chi connectivity index (χ2n) is 10.6. The predicted octanol–water partition coefficient (Wildman–Crippen LogP) is 3.70. The largest absolute Gasteiger partial charge is 0.489 e. The minimum Gasteiger partial charge on any atom is -0.489 e. The van der Waals surface area contributed by atoms with E-state index in [1.807, 2.05) is 24.6 Å². The van der Waals surface area contributed by atoms with Gasteiger partial charge in [0, 0.05) is 61.4 Å². The molecule has 0 spiro atoms.